The zero-order chi connectivity index (χ0) is 21.8. The zero-order valence-electron chi connectivity index (χ0n) is 17.8. The van der Waals surface area contributed by atoms with Crippen molar-refractivity contribution < 1.29 is 8.42 Å². The summed E-state index contributed by atoms with van der Waals surface area (Å²) in [4.78, 5) is 13.0. The Morgan fingerprint density at radius 1 is 1.03 bits per heavy atom. The summed E-state index contributed by atoms with van der Waals surface area (Å²) in [5.41, 5.74) is 4.10. The predicted molar refractivity (Wildman–Crippen MR) is 122 cm³/mol. The first-order chi connectivity index (χ1) is 14.9. The Kier molecular flexibility index (Phi) is 6.29. The molecule has 1 N–H and O–H groups in total. The molecule has 7 nitrogen and oxygen atoms in total. The van der Waals surface area contributed by atoms with Crippen LogP contribution in [0.3, 0.4) is 0 Å². The average Bonchev–Trinajstić information content (AvgIpc) is 2.77. The molecule has 0 atom stereocenters. The van der Waals surface area contributed by atoms with Crippen LogP contribution in [0.5, 0.6) is 0 Å². The summed E-state index contributed by atoms with van der Waals surface area (Å²) >= 11 is 0. The Bertz CT molecular complexity index is 1140. The first-order valence-electron chi connectivity index (χ1n) is 10.4. The Morgan fingerprint density at radius 3 is 2.55 bits per heavy atom. The molecule has 0 spiro atoms. The summed E-state index contributed by atoms with van der Waals surface area (Å²) in [6, 6.07) is 11.7. The van der Waals surface area contributed by atoms with Gasteiger partial charge in [0.1, 0.15) is 11.6 Å². The van der Waals surface area contributed by atoms with Gasteiger partial charge < -0.3 is 5.32 Å². The van der Waals surface area contributed by atoms with E-state index in [1.54, 1.807) is 22.9 Å². The van der Waals surface area contributed by atoms with Gasteiger partial charge >= 0.3 is 0 Å². The molecular weight excluding hydrogens is 410 g/mol. The molecule has 1 aliphatic heterocycles. The molecule has 0 aliphatic carbocycles. The summed E-state index contributed by atoms with van der Waals surface area (Å²) in [6.07, 6.45) is 6.41. The fourth-order valence-corrected chi connectivity index (χ4v) is 5.42. The van der Waals surface area contributed by atoms with Crippen molar-refractivity contribution in [3.8, 4) is 0 Å². The van der Waals surface area contributed by atoms with E-state index in [1.807, 2.05) is 50.2 Å². The van der Waals surface area contributed by atoms with Crippen molar-refractivity contribution in [1.82, 2.24) is 19.3 Å². The van der Waals surface area contributed by atoms with Crippen molar-refractivity contribution in [3.63, 3.8) is 0 Å². The van der Waals surface area contributed by atoms with E-state index < -0.39 is 10.0 Å². The third kappa shape index (κ3) is 5.26. The minimum absolute atomic E-state index is 0.0502. The standard InChI is InChI=1S/C23H27N5O2S/c1-17-6-7-19(14-18(17)2)16-31(29,30)28-12-8-20(9-13-28)21-4-3-5-22(26-21)27-23-15-24-10-11-25-23/h3-7,10-11,14-15,20H,8-9,12-13,16H2,1-2H3,(H,25,26,27). The maximum atomic E-state index is 12.9. The molecule has 3 aromatic rings. The highest BCUT2D eigenvalue weighted by molar-refractivity contribution is 7.88. The number of benzene rings is 1. The van der Waals surface area contributed by atoms with Crippen molar-refractivity contribution in [2.75, 3.05) is 18.4 Å². The second-order valence-corrected chi connectivity index (χ2v) is 9.98. The largest absolute Gasteiger partial charge is 0.324 e. The van der Waals surface area contributed by atoms with E-state index in [0.717, 1.165) is 29.7 Å². The third-order valence-electron chi connectivity index (χ3n) is 5.78. The smallest absolute Gasteiger partial charge is 0.218 e. The summed E-state index contributed by atoms with van der Waals surface area (Å²) in [6.45, 7) is 5.07. The van der Waals surface area contributed by atoms with Gasteiger partial charge in [0.2, 0.25) is 10.0 Å². The van der Waals surface area contributed by atoms with Gasteiger partial charge in [0.15, 0.2) is 0 Å². The van der Waals surface area contributed by atoms with Crippen LogP contribution >= 0.6 is 0 Å². The molecule has 0 bridgehead atoms. The van der Waals surface area contributed by atoms with Gasteiger partial charge in [0.25, 0.3) is 0 Å². The highest BCUT2D eigenvalue weighted by Crippen LogP contribution is 2.30. The molecule has 4 rings (SSSR count). The van der Waals surface area contributed by atoms with Gasteiger partial charge in [0, 0.05) is 37.1 Å². The summed E-state index contributed by atoms with van der Waals surface area (Å²) in [7, 11) is -3.34. The fourth-order valence-electron chi connectivity index (χ4n) is 3.87. The van der Waals surface area contributed by atoms with Crippen LogP contribution in [0.1, 0.15) is 41.1 Å². The van der Waals surface area contributed by atoms with Gasteiger partial charge in [0.05, 0.1) is 11.9 Å². The van der Waals surface area contributed by atoms with Crippen molar-refractivity contribution in [2.24, 2.45) is 0 Å². The highest BCUT2D eigenvalue weighted by atomic mass is 32.2. The summed E-state index contributed by atoms with van der Waals surface area (Å²) in [5.74, 6) is 1.63. The maximum absolute atomic E-state index is 12.9. The Balaban J connectivity index is 1.39. The van der Waals surface area contributed by atoms with E-state index in [9.17, 15) is 8.42 Å². The summed E-state index contributed by atoms with van der Waals surface area (Å²) in [5, 5.41) is 3.16. The molecule has 0 amide bonds. The van der Waals surface area contributed by atoms with Crippen LogP contribution in [-0.2, 0) is 15.8 Å². The quantitative estimate of drug-likeness (QED) is 0.628. The van der Waals surface area contributed by atoms with Gasteiger partial charge in [-0.05, 0) is 55.5 Å². The molecule has 162 valence electrons. The van der Waals surface area contributed by atoms with Gasteiger partial charge in [-0.15, -0.1) is 0 Å². The molecule has 1 aromatic carbocycles. The first kappa shape index (κ1) is 21.4. The molecule has 0 saturated carbocycles. The molecule has 31 heavy (non-hydrogen) atoms. The first-order valence-corrected chi connectivity index (χ1v) is 12.1. The van der Waals surface area contributed by atoms with Gasteiger partial charge in [-0.1, -0.05) is 24.3 Å². The number of piperidine rings is 1. The van der Waals surface area contributed by atoms with E-state index in [0.29, 0.717) is 24.7 Å². The molecule has 8 heteroatoms. The average molecular weight is 438 g/mol. The molecule has 2 aromatic heterocycles. The number of hydrogen-bond donors (Lipinski definition) is 1. The minimum atomic E-state index is -3.34. The fraction of sp³-hybridized carbons (Fsp3) is 0.348. The lowest BCUT2D eigenvalue weighted by Crippen LogP contribution is -2.38. The maximum Gasteiger partial charge on any atom is 0.218 e. The van der Waals surface area contributed by atoms with Gasteiger partial charge in [-0.25, -0.2) is 22.7 Å². The van der Waals surface area contributed by atoms with E-state index in [4.69, 9.17) is 4.98 Å². The molecule has 0 unspecified atom stereocenters. The van der Waals surface area contributed by atoms with Crippen molar-refractivity contribution in [2.45, 2.75) is 38.4 Å². The number of nitrogens with one attached hydrogen (secondary N) is 1. The Morgan fingerprint density at radius 2 is 1.84 bits per heavy atom. The van der Waals surface area contributed by atoms with Crippen LogP contribution in [0, 0.1) is 13.8 Å². The number of anilines is 2. The monoisotopic (exact) mass is 437 g/mol. The van der Waals surface area contributed by atoms with Crippen molar-refractivity contribution in [3.05, 3.63) is 77.4 Å². The number of sulfonamides is 1. The van der Waals surface area contributed by atoms with Crippen molar-refractivity contribution in [1.29, 1.82) is 0 Å². The number of nitrogens with zero attached hydrogens (tertiary/aromatic N) is 4. The number of aromatic nitrogens is 3. The van der Waals surface area contributed by atoms with Crippen LogP contribution in [0.4, 0.5) is 11.6 Å². The topological polar surface area (TPSA) is 88.1 Å². The van der Waals surface area contributed by atoms with Crippen LogP contribution in [0.25, 0.3) is 0 Å². The minimum Gasteiger partial charge on any atom is -0.324 e. The van der Waals surface area contributed by atoms with Crippen LogP contribution in [0.15, 0.2) is 55.0 Å². The molecule has 3 heterocycles. The zero-order valence-corrected chi connectivity index (χ0v) is 18.6. The van der Waals surface area contributed by atoms with Gasteiger partial charge in [-0.2, -0.15) is 0 Å². The lowest BCUT2D eigenvalue weighted by Gasteiger charge is -2.31. The van der Waals surface area contributed by atoms with Crippen LogP contribution in [0.2, 0.25) is 0 Å². The molecule has 1 aliphatic rings. The number of rotatable bonds is 6. The third-order valence-corrected chi connectivity index (χ3v) is 7.63. The lowest BCUT2D eigenvalue weighted by atomic mass is 9.94. The van der Waals surface area contributed by atoms with Crippen molar-refractivity contribution >= 4 is 21.7 Å². The molecule has 1 saturated heterocycles. The Hall–Kier alpha value is -2.84. The Labute approximate surface area is 183 Å². The SMILES string of the molecule is Cc1ccc(CS(=O)(=O)N2CCC(c3cccc(Nc4cnccn4)n3)CC2)cc1C. The van der Waals surface area contributed by atoms with E-state index in [2.05, 4.69) is 15.3 Å². The van der Waals surface area contributed by atoms with Crippen LogP contribution in [-0.4, -0.2) is 40.8 Å². The molecule has 1 fully saturated rings. The normalized spacial score (nSPS) is 15.7. The second-order valence-electron chi connectivity index (χ2n) is 8.01. The molecule has 0 radical (unpaired) electrons. The highest BCUT2D eigenvalue weighted by Gasteiger charge is 2.29. The summed E-state index contributed by atoms with van der Waals surface area (Å²) < 4.78 is 27.5. The predicted octanol–water partition coefficient (Wildman–Crippen LogP) is 3.94. The van der Waals surface area contributed by atoms with Crippen LogP contribution < -0.4 is 5.32 Å². The lowest BCUT2D eigenvalue weighted by molar-refractivity contribution is 0.316. The molecular formula is C23H27N5O2S. The number of hydrogen-bond acceptors (Lipinski definition) is 6. The number of aryl methyl sites for hydroxylation is 2. The van der Waals surface area contributed by atoms with E-state index >= 15 is 0 Å². The number of pyridine rings is 1. The second kappa shape index (κ2) is 9.11. The van der Waals surface area contributed by atoms with Gasteiger partial charge in [-0.3, -0.25) is 4.98 Å². The van der Waals surface area contributed by atoms with E-state index in [1.165, 1.54) is 5.56 Å². The van der Waals surface area contributed by atoms with E-state index in [-0.39, 0.29) is 11.7 Å².